The molecule has 0 aliphatic carbocycles. The molecule has 5 nitrogen and oxygen atoms in total. The molecule has 146 valence electrons. The largest absolute Gasteiger partial charge is 0.468 e. The van der Waals surface area contributed by atoms with Gasteiger partial charge in [0.1, 0.15) is 5.82 Å². The fourth-order valence-electron chi connectivity index (χ4n) is 2.15. The van der Waals surface area contributed by atoms with Crippen molar-refractivity contribution in [1.82, 2.24) is 15.6 Å². The van der Waals surface area contributed by atoms with Crippen LogP contribution in [0, 0.1) is 5.82 Å². The fraction of sp³-hybridized carbons (Fsp3) is 0.333. The highest BCUT2D eigenvalue weighted by molar-refractivity contribution is 5.79. The second kappa shape index (κ2) is 9.75. The molecule has 1 aromatic heterocycles. The Morgan fingerprint density at radius 1 is 1.11 bits per heavy atom. The predicted molar refractivity (Wildman–Crippen MR) is 93.8 cm³/mol. The maximum Gasteiger partial charge on any atom is 0.422 e. The number of aromatic nitrogens is 1. The number of hydrogen-bond acceptors (Lipinski definition) is 3. The van der Waals surface area contributed by atoms with Crippen molar-refractivity contribution in [3.63, 3.8) is 0 Å². The molecule has 0 unspecified atom stereocenters. The van der Waals surface area contributed by atoms with E-state index in [2.05, 4.69) is 20.6 Å². The van der Waals surface area contributed by atoms with Gasteiger partial charge in [-0.3, -0.25) is 0 Å². The first-order valence-electron chi connectivity index (χ1n) is 8.28. The average molecular weight is 384 g/mol. The van der Waals surface area contributed by atoms with Gasteiger partial charge in [0.2, 0.25) is 5.88 Å². The lowest BCUT2D eigenvalue weighted by Gasteiger charge is -2.13. The van der Waals surface area contributed by atoms with E-state index in [1.807, 2.05) is 6.92 Å². The number of pyridine rings is 1. The van der Waals surface area contributed by atoms with Gasteiger partial charge in [0.25, 0.3) is 0 Å². The number of alkyl halides is 3. The minimum Gasteiger partial charge on any atom is -0.468 e. The molecule has 9 heteroatoms. The van der Waals surface area contributed by atoms with Gasteiger partial charge in [-0.2, -0.15) is 13.2 Å². The molecule has 1 heterocycles. The highest BCUT2D eigenvalue weighted by Crippen LogP contribution is 2.20. The Balaban J connectivity index is 2.05. The van der Waals surface area contributed by atoms with E-state index in [1.54, 1.807) is 30.3 Å². The Morgan fingerprint density at radius 2 is 1.85 bits per heavy atom. The smallest absolute Gasteiger partial charge is 0.422 e. The maximum atomic E-state index is 13.7. The Kier molecular flexibility index (Phi) is 7.39. The maximum absolute atomic E-state index is 13.7. The lowest BCUT2D eigenvalue weighted by molar-refractivity contribution is -0.154. The summed E-state index contributed by atoms with van der Waals surface area (Å²) in [5, 5.41) is 5.97. The zero-order valence-electron chi connectivity index (χ0n) is 14.7. The van der Waals surface area contributed by atoms with Gasteiger partial charge in [0, 0.05) is 30.4 Å². The summed E-state index contributed by atoms with van der Waals surface area (Å²) in [5.74, 6) is -0.0640. The number of guanidine groups is 1. The number of aliphatic imine (C=N–C) groups is 1. The zero-order valence-corrected chi connectivity index (χ0v) is 14.7. The fourth-order valence-corrected chi connectivity index (χ4v) is 2.15. The summed E-state index contributed by atoms with van der Waals surface area (Å²) in [6.07, 6.45) is -3.10. The third-order valence-corrected chi connectivity index (χ3v) is 3.38. The minimum atomic E-state index is -4.45. The summed E-state index contributed by atoms with van der Waals surface area (Å²) in [4.78, 5) is 8.13. The Hall–Kier alpha value is -2.84. The number of halogens is 4. The summed E-state index contributed by atoms with van der Waals surface area (Å²) in [6, 6.07) is 9.51. The molecule has 1 aromatic carbocycles. The van der Waals surface area contributed by atoms with Crippen molar-refractivity contribution >= 4 is 5.96 Å². The standard InChI is InChI=1S/C18H20F4N4O/c1-2-23-17(25-10-13-6-3-4-8-15(13)19)26-11-14-7-5-9-24-16(14)27-12-18(20,21)22/h3-9H,2,10-12H2,1H3,(H2,23,25,26). The van der Waals surface area contributed by atoms with Crippen molar-refractivity contribution in [2.24, 2.45) is 4.99 Å². The van der Waals surface area contributed by atoms with Crippen molar-refractivity contribution in [3.05, 3.63) is 59.5 Å². The van der Waals surface area contributed by atoms with E-state index < -0.39 is 12.8 Å². The second-order valence-electron chi connectivity index (χ2n) is 5.51. The summed E-state index contributed by atoms with van der Waals surface area (Å²) >= 11 is 0. The Morgan fingerprint density at radius 3 is 2.56 bits per heavy atom. The van der Waals surface area contributed by atoms with Crippen LogP contribution in [-0.2, 0) is 13.1 Å². The third kappa shape index (κ3) is 7.12. The van der Waals surface area contributed by atoms with Gasteiger partial charge >= 0.3 is 6.18 Å². The van der Waals surface area contributed by atoms with E-state index in [9.17, 15) is 17.6 Å². The average Bonchev–Trinajstić information content (AvgIpc) is 2.63. The minimum absolute atomic E-state index is 0.0492. The van der Waals surface area contributed by atoms with Gasteiger partial charge in [-0.25, -0.2) is 14.4 Å². The van der Waals surface area contributed by atoms with Crippen molar-refractivity contribution in [1.29, 1.82) is 0 Å². The molecule has 0 aliphatic heterocycles. The van der Waals surface area contributed by atoms with E-state index in [4.69, 9.17) is 4.74 Å². The highest BCUT2D eigenvalue weighted by atomic mass is 19.4. The molecular weight excluding hydrogens is 364 g/mol. The number of hydrogen-bond donors (Lipinski definition) is 2. The van der Waals surface area contributed by atoms with Crippen LogP contribution in [0.2, 0.25) is 0 Å². The molecule has 2 N–H and O–H groups in total. The number of nitrogens with one attached hydrogen (secondary N) is 2. The van der Waals surface area contributed by atoms with Gasteiger partial charge in [0.15, 0.2) is 12.6 Å². The van der Waals surface area contributed by atoms with Crippen LogP contribution in [0.4, 0.5) is 17.6 Å². The molecule has 0 radical (unpaired) electrons. The monoisotopic (exact) mass is 384 g/mol. The molecular formula is C18H20F4N4O. The van der Waals surface area contributed by atoms with Crippen LogP contribution in [0.1, 0.15) is 18.1 Å². The van der Waals surface area contributed by atoms with Crippen LogP contribution in [0.15, 0.2) is 47.6 Å². The lowest BCUT2D eigenvalue weighted by atomic mass is 10.2. The van der Waals surface area contributed by atoms with E-state index in [-0.39, 0.29) is 24.8 Å². The van der Waals surface area contributed by atoms with Crippen molar-refractivity contribution in [2.45, 2.75) is 26.2 Å². The third-order valence-electron chi connectivity index (χ3n) is 3.38. The lowest BCUT2D eigenvalue weighted by Crippen LogP contribution is -2.37. The van der Waals surface area contributed by atoms with Gasteiger partial charge in [-0.1, -0.05) is 24.3 Å². The summed E-state index contributed by atoms with van der Waals surface area (Å²) in [5.41, 5.74) is 0.878. The van der Waals surface area contributed by atoms with Gasteiger partial charge in [-0.15, -0.1) is 0 Å². The first-order valence-corrected chi connectivity index (χ1v) is 8.28. The van der Waals surface area contributed by atoms with Crippen LogP contribution in [0.5, 0.6) is 5.88 Å². The normalized spacial score (nSPS) is 12.0. The van der Waals surface area contributed by atoms with E-state index in [0.29, 0.717) is 23.6 Å². The molecule has 0 spiro atoms. The second-order valence-corrected chi connectivity index (χ2v) is 5.51. The van der Waals surface area contributed by atoms with Gasteiger partial charge in [0.05, 0.1) is 6.54 Å². The molecule has 0 saturated carbocycles. The SMILES string of the molecule is CCNC(=NCc1cccnc1OCC(F)(F)F)NCc1ccccc1F. The molecule has 0 saturated heterocycles. The Bertz CT molecular complexity index is 765. The predicted octanol–water partition coefficient (Wildman–Crippen LogP) is 3.42. The van der Waals surface area contributed by atoms with E-state index in [0.717, 1.165) is 0 Å². The Labute approximate surface area is 154 Å². The van der Waals surface area contributed by atoms with Crippen LogP contribution < -0.4 is 15.4 Å². The number of rotatable bonds is 7. The van der Waals surface area contributed by atoms with Crippen LogP contribution in [0.25, 0.3) is 0 Å². The molecule has 0 amide bonds. The molecule has 0 atom stereocenters. The molecule has 0 bridgehead atoms. The molecule has 0 aliphatic rings. The van der Waals surface area contributed by atoms with Crippen molar-refractivity contribution < 1.29 is 22.3 Å². The molecule has 27 heavy (non-hydrogen) atoms. The van der Waals surface area contributed by atoms with E-state index >= 15 is 0 Å². The summed E-state index contributed by atoms with van der Waals surface area (Å²) in [6.45, 7) is 1.26. The number of nitrogens with zero attached hydrogens (tertiary/aromatic N) is 2. The zero-order chi connectivity index (χ0) is 19.7. The number of ether oxygens (including phenoxy) is 1. The highest BCUT2D eigenvalue weighted by Gasteiger charge is 2.29. The van der Waals surface area contributed by atoms with Gasteiger partial charge < -0.3 is 15.4 Å². The first kappa shape index (κ1) is 20.5. The number of benzene rings is 1. The van der Waals surface area contributed by atoms with Crippen LogP contribution in [0.3, 0.4) is 0 Å². The quantitative estimate of drug-likeness (QED) is 0.436. The first-order chi connectivity index (χ1) is 12.9. The molecule has 2 rings (SSSR count). The topological polar surface area (TPSA) is 58.5 Å². The van der Waals surface area contributed by atoms with Crippen LogP contribution >= 0.6 is 0 Å². The van der Waals surface area contributed by atoms with Gasteiger partial charge in [-0.05, 0) is 19.1 Å². The summed E-state index contributed by atoms with van der Waals surface area (Å²) < 4.78 is 55.5. The van der Waals surface area contributed by atoms with Crippen molar-refractivity contribution in [3.8, 4) is 5.88 Å². The molecule has 0 fully saturated rings. The van der Waals surface area contributed by atoms with Crippen molar-refractivity contribution in [2.75, 3.05) is 13.2 Å². The summed E-state index contributed by atoms with van der Waals surface area (Å²) in [7, 11) is 0. The molecule has 2 aromatic rings. The van der Waals surface area contributed by atoms with Crippen LogP contribution in [-0.4, -0.2) is 30.3 Å². The van der Waals surface area contributed by atoms with E-state index in [1.165, 1.54) is 12.3 Å².